The fraction of sp³-hybridized carbons (Fsp3) is 0.600. The highest BCUT2D eigenvalue weighted by Crippen LogP contribution is 2.36. The summed E-state index contributed by atoms with van der Waals surface area (Å²) >= 11 is 0. The highest BCUT2D eigenvalue weighted by atomic mass is 28.4. The van der Waals surface area contributed by atoms with E-state index in [2.05, 4.69) is 82.7 Å². The largest absolute Gasteiger partial charge is 0.417 e. The highest BCUT2D eigenvalue weighted by molar-refractivity contribution is 6.74. The van der Waals surface area contributed by atoms with Crippen molar-refractivity contribution in [1.29, 1.82) is 0 Å². The van der Waals surface area contributed by atoms with E-state index in [1.807, 2.05) is 0 Å². The van der Waals surface area contributed by atoms with Gasteiger partial charge in [0.15, 0.2) is 8.32 Å². The van der Waals surface area contributed by atoms with Crippen LogP contribution in [0.5, 0.6) is 0 Å². The van der Waals surface area contributed by atoms with E-state index < -0.39 is 8.32 Å². The van der Waals surface area contributed by atoms with Gasteiger partial charge in [-0.05, 0) is 61.8 Å². The van der Waals surface area contributed by atoms with Gasteiger partial charge < -0.3 is 8.99 Å². The van der Waals surface area contributed by atoms with E-state index >= 15 is 0 Å². The molecule has 3 heteroatoms. The quantitative estimate of drug-likeness (QED) is 0.455. The van der Waals surface area contributed by atoms with Crippen LogP contribution in [0.4, 0.5) is 0 Å². The van der Waals surface area contributed by atoms with Crippen molar-refractivity contribution >= 4 is 19.2 Å². The molecule has 0 aliphatic rings. The first-order chi connectivity index (χ1) is 10.6. The van der Waals surface area contributed by atoms with Gasteiger partial charge in [0.1, 0.15) is 0 Å². The summed E-state index contributed by atoms with van der Waals surface area (Å²) in [4.78, 5) is 0. The second-order valence-corrected chi connectivity index (χ2v) is 13.2. The Bertz CT molecular complexity index is 649. The van der Waals surface area contributed by atoms with Crippen LogP contribution in [0, 0.1) is 0 Å². The summed E-state index contributed by atoms with van der Waals surface area (Å²) in [7, 11) is -1.62. The molecule has 2 nitrogen and oxygen atoms in total. The van der Waals surface area contributed by atoms with Crippen molar-refractivity contribution in [1.82, 2.24) is 4.57 Å². The second kappa shape index (κ2) is 6.82. The van der Waals surface area contributed by atoms with Gasteiger partial charge >= 0.3 is 0 Å². The summed E-state index contributed by atoms with van der Waals surface area (Å²) in [5, 5.41) is 1.64. The zero-order valence-electron chi connectivity index (χ0n) is 15.9. The molecule has 2 rings (SSSR count). The topological polar surface area (TPSA) is 14.2 Å². The smallest absolute Gasteiger partial charge is 0.191 e. The second-order valence-electron chi connectivity index (χ2n) is 8.38. The van der Waals surface area contributed by atoms with Gasteiger partial charge in [-0.25, -0.2) is 0 Å². The molecule has 2 aromatic rings. The van der Waals surface area contributed by atoms with Crippen LogP contribution in [0.3, 0.4) is 0 Å². The standard InChI is InChI=1S/C20H33NOSi/c1-16(2)21-14-13-18-11-8-10-17(19(18)21)12-9-15-22-23(6,7)20(3,4)5/h8,10-11,13-14,16H,9,12,15H2,1-7H3. The minimum atomic E-state index is -1.62. The van der Waals surface area contributed by atoms with Gasteiger partial charge in [-0.3, -0.25) is 0 Å². The zero-order valence-corrected chi connectivity index (χ0v) is 16.9. The molecule has 0 N–H and O–H groups in total. The Kier molecular flexibility index (Phi) is 5.42. The molecular weight excluding hydrogens is 298 g/mol. The number of benzene rings is 1. The average molecular weight is 332 g/mol. The Morgan fingerprint density at radius 3 is 2.43 bits per heavy atom. The third-order valence-electron chi connectivity index (χ3n) is 5.24. The van der Waals surface area contributed by atoms with Crippen LogP contribution in [0.2, 0.25) is 18.1 Å². The molecule has 0 saturated heterocycles. The minimum absolute atomic E-state index is 0.291. The Balaban J connectivity index is 2.05. The average Bonchev–Trinajstić information content (AvgIpc) is 2.87. The molecule has 128 valence electrons. The third kappa shape index (κ3) is 4.07. The van der Waals surface area contributed by atoms with E-state index in [1.54, 1.807) is 0 Å². The van der Waals surface area contributed by atoms with Crippen molar-refractivity contribution in [2.45, 2.75) is 71.6 Å². The summed E-state index contributed by atoms with van der Waals surface area (Å²) in [6, 6.07) is 9.39. The van der Waals surface area contributed by atoms with Crippen LogP contribution in [0.1, 0.15) is 52.6 Å². The maximum absolute atomic E-state index is 6.32. The maximum Gasteiger partial charge on any atom is 0.191 e. The number of para-hydroxylation sites is 1. The van der Waals surface area contributed by atoms with Crippen molar-refractivity contribution in [3.8, 4) is 0 Å². The molecule has 1 aromatic heterocycles. The predicted octanol–water partition coefficient (Wildman–Crippen LogP) is 6.18. The zero-order chi connectivity index (χ0) is 17.3. The Labute approximate surface area is 143 Å². The molecule has 0 amide bonds. The summed E-state index contributed by atoms with van der Waals surface area (Å²) in [5.74, 6) is 0. The molecule has 0 atom stereocenters. The summed E-state index contributed by atoms with van der Waals surface area (Å²) in [6.45, 7) is 16.9. The number of aryl methyl sites for hydroxylation is 1. The first-order valence-electron chi connectivity index (χ1n) is 8.86. The van der Waals surface area contributed by atoms with Crippen LogP contribution in [0.15, 0.2) is 30.5 Å². The molecule has 0 aliphatic heterocycles. The van der Waals surface area contributed by atoms with Gasteiger partial charge in [0.2, 0.25) is 0 Å². The molecule has 0 bridgehead atoms. The monoisotopic (exact) mass is 331 g/mol. The Morgan fingerprint density at radius 2 is 1.83 bits per heavy atom. The van der Waals surface area contributed by atoms with Gasteiger partial charge in [0.05, 0.1) is 5.52 Å². The Morgan fingerprint density at radius 1 is 1.13 bits per heavy atom. The third-order valence-corrected chi connectivity index (χ3v) is 9.78. The van der Waals surface area contributed by atoms with E-state index in [0.717, 1.165) is 19.4 Å². The molecule has 1 aromatic carbocycles. The predicted molar refractivity (Wildman–Crippen MR) is 104 cm³/mol. The van der Waals surface area contributed by atoms with E-state index in [1.165, 1.54) is 16.5 Å². The molecule has 0 saturated carbocycles. The fourth-order valence-electron chi connectivity index (χ4n) is 2.73. The van der Waals surface area contributed by atoms with Gasteiger partial charge in [0.25, 0.3) is 0 Å². The number of nitrogens with zero attached hydrogens (tertiary/aromatic N) is 1. The summed E-state index contributed by atoms with van der Waals surface area (Å²) in [5.41, 5.74) is 2.84. The van der Waals surface area contributed by atoms with Gasteiger partial charge in [0, 0.05) is 18.8 Å². The molecule has 0 fully saturated rings. The SMILES string of the molecule is CC(C)n1ccc2cccc(CCCO[Si](C)(C)C(C)(C)C)c21. The van der Waals surface area contributed by atoms with Gasteiger partial charge in [-0.2, -0.15) is 0 Å². The Hall–Kier alpha value is -1.06. The number of hydrogen-bond donors (Lipinski definition) is 0. The molecule has 0 radical (unpaired) electrons. The van der Waals surface area contributed by atoms with E-state index in [4.69, 9.17) is 4.43 Å². The number of fused-ring (bicyclic) bond motifs is 1. The number of aromatic nitrogens is 1. The van der Waals surface area contributed by atoms with Crippen LogP contribution in [-0.2, 0) is 10.8 Å². The molecule has 0 spiro atoms. The maximum atomic E-state index is 6.32. The van der Waals surface area contributed by atoms with Crippen molar-refractivity contribution in [3.63, 3.8) is 0 Å². The van der Waals surface area contributed by atoms with Crippen molar-refractivity contribution < 1.29 is 4.43 Å². The lowest BCUT2D eigenvalue weighted by molar-refractivity contribution is 0.282. The van der Waals surface area contributed by atoms with E-state index in [-0.39, 0.29) is 0 Å². The first kappa shape index (κ1) is 18.3. The van der Waals surface area contributed by atoms with Crippen molar-refractivity contribution in [2.75, 3.05) is 6.61 Å². The number of hydrogen-bond acceptors (Lipinski definition) is 1. The first-order valence-corrected chi connectivity index (χ1v) is 11.8. The normalized spacial score (nSPS) is 13.2. The van der Waals surface area contributed by atoms with E-state index in [0.29, 0.717) is 11.1 Å². The highest BCUT2D eigenvalue weighted by Gasteiger charge is 2.36. The van der Waals surface area contributed by atoms with Gasteiger partial charge in [-0.15, -0.1) is 0 Å². The van der Waals surface area contributed by atoms with E-state index in [9.17, 15) is 0 Å². The van der Waals surface area contributed by atoms with Crippen molar-refractivity contribution in [3.05, 3.63) is 36.0 Å². The molecule has 0 unspecified atom stereocenters. The van der Waals surface area contributed by atoms with Crippen LogP contribution in [-0.4, -0.2) is 19.5 Å². The van der Waals surface area contributed by atoms with Crippen molar-refractivity contribution in [2.24, 2.45) is 0 Å². The minimum Gasteiger partial charge on any atom is -0.417 e. The fourth-order valence-corrected chi connectivity index (χ4v) is 3.82. The molecule has 1 heterocycles. The molecule has 23 heavy (non-hydrogen) atoms. The summed E-state index contributed by atoms with van der Waals surface area (Å²) in [6.07, 6.45) is 4.39. The lowest BCUT2D eigenvalue weighted by Gasteiger charge is -2.36. The van der Waals surface area contributed by atoms with Crippen LogP contribution in [0.25, 0.3) is 10.9 Å². The number of rotatable bonds is 6. The molecular formula is C20H33NOSi. The lowest BCUT2D eigenvalue weighted by atomic mass is 10.1. The van der Waals surface area contributed by atoms with Gasteiger partial charge in [-0.1, -0.05) is 39.0 Å². The lowest BCUT2D eigenvalue weighted by Crippen LogP contribution is -2.41. The van der Waals surface area contributed by atoms with Crippen LogP contribution < -0.4 is 0 Å². The molecule has 0 aliphatic carbocycles. The van der Waals surface area contributed by atoms with Crippen LogP contribution >= 0.6 is 0 Å². The summed E-state index contributed by atoms with van der Waals surface area (Å²) < 4.78 is 8.71.